The lowest BCUT2D eigenvalue weighted by molar-refractivity contribution is 0.0526. The van der Waals surface area contributed by atoms with Crippen LogP contribution in [0.3, 0.4) is 0 Å². The van der Waals surface area contributed by atoms with Crippen LogP contribution < -0.4 is 5.32 Å². The summed E-state index contributed by atoms with van der Waals surface area (Å²) >= 11 is 3.56. The van der Waals surface area contributed by atoms with Crippen LogP contribution in [0.25, 0.3) is 0 Å². The van der Waals surface area contributed by atoms with E-state index in [0.717, 1.165) is 16.1 Å². The van der Waals surface area contributed by atoms with E-state index in [9.17, 15) is 4.79 Å². The van der Waals surface area contributed by atoms with Crippen LogP contribution in [0.1, 0.15) is 50.4 Å². The molecule has 3 nitrogen and oxygen atoms in total. The van der Waals surface area contributed by atoms with Crippen LogP contribution in [0.15, 0.2) is 22.7 Å². The van der Waals surface area contributed by atoms with Gasteiger partial charge >= 0.3 is 5.97 Å². The summed E-state index contributed by atoms with van der Waals surface area (Å²) in [4.78, 5) is 11.7. The van der Waals surface area contributed by atoms with Gasteiger partial charge in [-0.25, -0.2) is 4.79 Å². The van der Waals surface area contributed by atoms with Crippen molar-refractivity contribution in [1.29, 1.82) is 0 Å². The monoisotopic (exact) mass is 353 g/mol. The molecule has 1 aromatic rings. The van der Waals surface area contributed by atoms with Crippen molar-refractivity contribution in [3.8, 4) is 0 Å². The lowest BCUT2D eigenvalue weighted by Crippen LogP contribution is -2.33. The van der Waals surface area contributed by atoms with Crippen molar-refractivity contribution in [1.82, 2.24) is 0 Å². The fourth-order valence-corrected chi connectivity index (χ4v) is 3.40. The van der Waals surface area contributed by atoms with Crippen molar-refractivity contribution in [2.45, 2.75) is 46.1 Å². The maximum absolute atomic E-state index is 11.7. The van der Waals surface area contributed by atoms with Gasteiger partial charge in [0.15, 0.2) is 0 Å². The number of rotatable bonds is 4. The van der Waals surface area contributed by atoms with Crippen LogP contribution in [-0.4, -0.2) is 18.6 Å². The van der Waals surface area contributed by atoms with E-state index in [4.69, 9.17) is 4.74 Å². The largest absolute Gasteiger partial charge is 0.462 e. The first-order valence-corrected chi connectivity index (χ1v) is 8.53. The standard InChI is InChI=1S/C17H24BrNO2/c1-4-21-17(20)13-7-8-15(14(18)10-13)19-16-9-11(2)5-6-12(16)3/h7-8,10-12,16,19H,4-6,9H2,1-3H3. The van der Waals surface area contributed by atoms with E-state index in [1.807, 2.05) is 25.1 Å². The Balaban J connectivity index is 2.08. The zero-order chi connectivity index (χ0) is 15.4. The Bertz CT molecular complexity index is 504. The van der Waals surface area contributed by atoms with Crippen LogP contribution in [0.4, 0.5) is 5.69 Å². The van der Waals surface area contributed by atoms with Gasteiger partial charge in [-0.3, -0.25) is 0 Å². The topological polar surface area (TPSA) is 38.3 Å². The second-order valence-corrected chi connectivity index (χ2v) is 6.92. The maximum atomic E-state index is 11.7. The number of anilines is 1. The zero-order valence-electron chi connectivity index (χ0n) is 13.0. The molecule has 0 radical (unpaired) electrons. The van der Waals surface area contributed by atoms with Gasteiger partial charge in [0.2, 0.25) is 0 Å². The second kappa shape index (κ2) is 7.30. The molecule has 0 heterocycles. The second-order valence-electron chi connectivity index (χ2n) is 6.06. The molecule has 116 valence electrons. The number of nitrogens with one attached hydrogen (secondary N) is 1. The summed E-state index contributed by atoms with van der Waals surface area (Å²) in [5.74, 6) is 1.18. The van der Waals surface area contributed by atoms with Gasteiger partial charge in [-0.15, -0.1) is 0 Å². The third kappa shape index (κ3) is 4.22. The average Bonchev–Trinajstić information content (AvgIpc) is 2.45. The lowest BCUT2D eigenvalue weighted by Gasteiger charge is -2.34. The van der Waals surface area contributed by atoms with Crippen molar-refractivity contribution < 1.29 is 9.53 Å². The zero-order valence-corrected chi connectivity index (χ0v) is 14.6. The molecular formula is C17H24BrNO2. The van der Waals surface area contributed by atoms with E-state index in [1.165, 1.54) is 19.3 Å². The number of carbonyl (C=O) groups excluding carboxylic acids is 1. The molecular weight excluding hydrogens is 330 g/mol. The van der Waals surface area contributed by atoms with Gasteiger partial charge in [0.1, 0.15) is 0 Å². The fraction of sp³-hybridized carbons (Fsp3) is 0.588. The summed E-state index contributed by atoms with van der Waals surface area (Å²) in [7, 11) is 0. The molecule has 3 unspecified atom stereocenters. The Labute approximate surface area is 135 Å². The highest BCUT2D eigenvalue weighted by atomic mass is 79.9. The van der Waals surface area contributed by atoms with E-state index < -0.39 is 0 Å². The summed E-state index contributed by atoms with van der Waals surface area (Å²) in [5.41, 5.74) is 1.63. The minimum absolute atomic E-state index is 0.274. The van der Waals surface area contributed by atoms with Gasteiger partial charge in [-0.2, -0.15) is 0 Å². The number of esters is 1. The summed E-state index contributed by atoms with van der Waals surface area (Å²) in [6.07, 6.45) is 3.80. The number of halogens is 1. The van der Waals surface area contributed by atoms with Gasteiger partial charge in [0.25, 0.3) is 0 Å². The molecule has 3 atom stereocenters. The molecule has 0 bridgehead atoms. The molecule has 1 aliphatic carbocycles. The molecule has 4 heteroatoms. The first kappa shape index (κ1) is 16.3. The molecule has 0 aromatic heterocycles. The molecule has 0 saturated heterocycles. The highest BCUT2D eigenvalue weighted by molar-refractivity contribution is 9.10. The maximum Gasteiger partial charge on any atom is 0.338 e. The molecule has 0 spiro atoms. The first-order chi connectivity index (χ1) is 10.0. The fourth-order valence-electron chi connectivity index (χ4n) is 2.91. The highest BCUT2D eigenvalue weighted by Crippen LogP contribution is 2.33. The molecule has 1 aromatic carbocycles. The quantitative estimate of drug-likeness (QED) is 0.785. The number of benzene rings is 1. The van der Waals surface area contributed by atoms with E-state index in [-0.39, 0.29) is 5.97 Å². The van der Waals surface area contributed by atoms with Crippen molar-refractivity contribution in [3.05, 3.63) is 28.2 Å². The summed E-state index contributed by atoms with van der Waals surface area (Å²) < 4.78 is 5.94. The number of ether oxygens (including phenoxy) is 1. The van der Waals surface area contributed by atoms with Crippen molar-refractivity contribution in [2.24, 2.45) is 11.8 Å². The number of hydrogen-bond acceptors (Lipinski definition) is 3. The van der Waals surface area contributed by atoms with Crippen LogP contribution in [0, 0.1) is 11.8 Å². The SMILES string of the molecule is CCOC(=O)c1ccc(NC2CC(C)CCC2C)c(Br)c1. The summed E-state index contributed by atoms with van der Waals surface area (Å²) in [5, 5.41) is 3.63. The molecule has 0 aliphatic heterocycles. The van der Waals surface area contributed by atoms with E-state index in [2.05, 4.69) is 35.1 Å². The number of hydrogen-bond donors (Lipinski definition) is 1. The molecule has 1 N–H and O–H groups in total. The first-order valence-electron chi connectivity index (χ1n) is 7.74. The summed E-state index contributed by atoms with van der Waals surface area (Å²) in [6, 6.07) is 6.11. The smallest absolute Gasteiger partial charge is 0.338 e. The van der Waals surface area contributed by atoms with Crippen LogP contribution in [0.5, 0.6) is 0 Å². The molecule has 0 amide bonds. The third-order valence-electron chi connectivity index (χ3n) is 4.28. The van der Waals surface area contributed by atoms with Crippen molar-refractivity contribution in [2.75, 3.05) is 11.9 Å². The van der Waals surface area contributed by atoms with Gasteiger partial charge in [0, 0.05) is 16.2 Å². The molecule has 1 saturated carbocycles. The minimum atomic E-state index is -0.274. The Hall–Kier alpha value is -1.03. The van der Waals surface area contributed by atoms with Crippen molar-refractivity contribution >= 4 is 27.6 Å². The predicted molar refractivity (Wildman–Crippen MR) is 89.7 cm³/mol. The average molecular weight is 354 g/mol. The van der Waals surface area contributed by atoms with Gasteiger partial charge < -0.3 is 10.1 Å². The Morgan fingerprint density at radius 3 is 2.81 bits per heavy atom. The van der Waals surface area contributed by atoms with Gasteiger partial charge in [0.05, 0.1) is 12.2 Å². The van der Waals surface area contributed by atoms with E-state index in [0.29, 0.717) is 24.1 Å². The van der Waals surface area contributed by atoms with Crippen LogP contribution >= 0.6 is 15.9 Å². The van der Waals surface area contributed by atoms with Crippen LogP contribution in [0.2, 0.25) is 0 Å². The summed E-state index contributed by atoms with van der Waals surface area (Å²) in [6.45, 7) is 6.84. The molecule has 1 aliphatic rings. The predicted octanol–water partition coefficient (Wildman–Crippen LogP) is 4.86. The lowest BCUT2D eigenvalue weighted by atomic mass is 9.80. The number of carbonyl (C=O) groups is 1. The third-order valence-corrected chi connectivity index (χ3v) is 4.94. The van der Waals surface area contributed by atoms with Gasteiger partial charge in [-0.05, 0) is 65.7 Å². The van der Waals surface area contributed by atoms with Crippen LogP contribution in [-0.2, 0) is 4.74 Å². The van der Waals surface area contributed by atoms with Gasteiger partial charge in [-0.1, -0.05) is 20.3 Å². The van der Waals surface area contributed by atoms with E-state index >= 15 is 0 Å². The Morgan fingerprint density at radius 1 is 1.38 bits per heavy atom. The highest BCUT2D eigenvalue weighted by Gasteiger charge is 2.25. The Morgan fingerprint density at radius 2 is 2.14 bits per heavy atom. The molecule has 2 rings (SSSR count). The molecule has 1 fully saturated rings. The van der Waals surface area contributed by atoms with Crippen molar-refractivity contribution in [3.63, 3.8) is 0 Å². The Kier molecular flexibility index (Phi) is 5.68. The molecule has 21 heavy (non-hydrogen) atoms. The minimum Gasteiger partial charge on any atom is -0.462 e. The normalized spacial score (nSPS) is 25.4. The van der Waals surface area contributed by atoms with E-state index in [1.54, 1.807) is 0 Å².